The number of carboxylic acid groups (broad SMARTS) is 1. The molecule has 3 nitrogen and oxygen atoms in total. The van der Waals surface area contributed by atoms with Gasteiger partial charge in [-0.3, -0.25) is 4.79 Å². The molecular formula is C12H14FNO2. The molecule has 0 unspecified atom stereocenters. The van der Waals surface area contributed by atoms with Crippen molar-refractivity contribution >= 4 is 11.7 Å². The predicted octanol–water partition coefficient (Wildman–Crippen LogP) is 2.13. The van der Waals surface area contributed by atoms with Crippen LogP contribution in [-0.4, -0.2) is 23.7 Å². The number of para-hydroxylation sites is 1. The summed E-state index contributed by atoms with van der Waals surface area (Å²) in [5.41, 5.74) is 0.499. The second-order valence-electron chi connectivity index (χ2n) is 4.12. The minimum atomic E-state index is -0.800. The maximum absolute atomic E-state index is 13.6. The minimum absolute atomic E-state index is 0.158. The van der Waals surface area contributed by atoms with Gasteiger partial charge in [-0.15, -0.1) is 0 Å². The quantitative estimate of drug-likeness (QED) is 0.834. The van der Waals surface area contributed by atoms with Crippen molar-refractivity contribution in [3.05, 3.63) is 30.1 Å². The van der Waals surface area contributed by atoms with Crippen LogP contribution in [0.4, 0.5) is 10.1 Å². The van der Waals surface area contributed by atoms with E-state index >= 15 is 0 Å². The molecule has 1 aliphatic rings. The van der Waals surface area contributed by atoms with E-state index in [1.165, 1.54) is 6.07 Å². The van der Waals surface area contributed by atoms with Crippen LogP contribution >= 0.6 is 0 Å². The van der Waals surface area contributed by atoms with Crippen molar-refractivity contribution in [1.29, 1.82) is 0 Å². The third kappa shape index (κ3) is 1.75. The summed E-state index contributed by atoms with van der Waals surface area (Å²) in [4.78, 5) is 12.8. The number of halogens is 1. The molecule has 0 amide bonds. The van der Waals surface area contributed by atoms with Gasteiger partial charge in [-0.2, -0.15) is 0 Å². The monoisotopic (exact) mass is 223 g/mol. The van der Waals surface area contributed by atoms with Crippen LogP contribution in [0.25, 0.3) is 0 Å². The first-order chi connectivity index (χ1) is 7.61. The van der Waals surface area contributed by atoms with Crippen molar-refractivity contribution in [2.75, 3.05) is 11.4 Å². The summed E-state index contributed by atoms with van der Waals surface area (Å²) >= 11 is 0. The summed E-state index contributed by atoms with van der Waals surface area (Å²) in [6.45, 7) is 2.43. The predicted molar refractivity (Wildman–Crippen MR) is 59.0 cm³/mol. The molecule has 0 saturated carbocycles. The fourth-order valence-corrected chi connectivity index (χ4v) is 2.29. The lowest BCUT2D eigenvalue weighted by Crippen LogP contribution is -2.33. The molecule has 0 aliphatic carbocycles. The highest BCUT2D eigenvalue weighted by Crippen LogP contribution is 2.31. The Kier molecular flexibility index (Phi) is 2.81. The van der Waals surface area contributed by atoms with E-state index in [2.05, 4.69) is 0 Å². The van der Waals surface area contributed by atoms with E-state index < -0.39 is 11.9 Å². The van der Waals surface area contributed by atoms with Gasteiger partial charge in [-0.25, -0.2) is 4.39 Å². The average Bonchev–Trinajstić information content (AvgIpc) is 2.61. The summed E-state index contributed by atoms with van der Waals surface area (Å²) in [5, 5.41) is 9.00. The molecule has 1 aromatic rings. The van der Waals surface area contributed by atoms with Crippen molar-refractivity contribution in [2.24, 2.45) is 5.92 Å². The molecule has 16 heavy (non-hydrogen) atoms. The number of nitrogens with zero attached hydrogens (tertiary/aromatic N) is 1. The standard InChI is InChI=1S/C12H14FNO2/c1-8-9(12(15)16)6-7-14(8)11-5-3-2-4-10(11)13/h2-5,8-9H,6-7H2,1H3,(H,15,16)/t8-,9+/m1/s1. The number of aliphatic carboxylic acids is 1. The molecule has 86 valence electrons. The van der Waals surface area contributed by atoms with Crippen LogP contribution in [-0.2, 0) is 4.79 Å². The number of carbonyl (C=O) groups is 1. The van der Waals surface area contributed by atoms with Gasteiger partial charge in [-0.05, 0) is 25.5 Å². The molecule has 1 aromatic carbocycles. The number of hydrogen-bond donors (Lipinski definition) is 1. The molecule has 2 rings (SSSR count). The fraction of sp³-hybridized carbons (Fsp3) is 0.417. The van der Waals surface area contributed by atoms with E-state index in [9.17, 15) is 9.18 Å². The van der Waals surface area contributed by atoms with E-state index in [-0.39, 0.29) is 11.9 Å². The zero-order valence-corrected chi connectivity index (χ0v) is 9.06. The van der Waals surface area contributed by atoms with Gasteiger partial charge in [0.1, 0.15) is 5.82 Å². The second-order valence-corrected chi connectivity index (χ2v) is 4.12. The molecule has 0 spiro atoms. The fourth-order valence-electron chi connectivity index (χ4n) is 2.29. The largest absolute Gasteiger partial charge is 0.481 e. The van der Waals surface area contributed by atoms with Crippen molar-refractivity contribution in [3.63, 3.8) is 0 Å². The molecule has 1 heterocycles. The van der Waals surface area contributed by atoms with E-state index in [0.717, 1.165) is 0 Å². The summed E-state index contributed by atoms with van der Waals surface area (Å²) in [5.74, 6) is -1.49. The summed E-state index contributed by atoms with van der Waals surface area (Å²) in [6.07, 6.45) is 0.574. The van der Waals surface area contributed by atoms with Gasteiger partial charge in [0.25, 0.3) is 0 Å². The smallest absolute Gasteiger partial charge is 0.308 e. The van der Waals surface area contributed by atoms with Crippen molar-refractivity contribution < 1.29 is 14.3 Å². The van der Waals surface area contributed by atoms with E-state index in [4.69, 9.17) is 5.11 Å². The first-order valence-corrected chi connectivity index (χ1v) is 5.35. The van der Waals surface area contributed by atoms with Gasteiger partial charge >= 0.3 is 5.97 Å². The molecule has 1 N–H and O–H groups in total. The van der Waals surface area contributed by atoms with Gasteiger partial charge in [0.15, 0.2) is 0 Å². The Balaban J connectivity index is 2.25. The number of benzene rings is 1. The zero-order chi connectivity index (χ0) is 11.7. The molecule has 1 saturated heterocycles. The Morgan fingerprint density at radius 3 is 2.75 bits per heavy atom. The molecule has 0 radical (unpaired) electrons. The average molecular weight is 223 g/mol. The third-order valence-corrected chi connectivity index (χ3v) is 3.23. The van der Waals surface area contributed by atoms with Gasteiger partial charge in [-0.1, -0.05) is 12.1 Å². The van der Waals surface area contributed by atoms with Crippen LogP contribution in [0.5, 0.6) is 0 Å². The van der Waals surface area contributed by atoms with Crippen LogP contribution in [0.3, 0.4) is 0 Å². The Labute approximate surface area is 93.5 Å². The van der Waals surface area contributed by atoms with Gasteiger partial charge < -0.3 is 10.0 Å². The minimum Gasteiger partial charge on any atom is -0.481 e. The maximum atomic E-state index is 13.6. The summed E-state index contributed by atoms with van der Waals surface area (Å²) in [7, 11) is 0. The van der Waals surface area contributed by atoms with E-state index in [1.54, 1.807) is 18.2 Å². The van der Waals surface area contributed by atoms with Crippen molar-refractivity contribution in [1.82, 2.24) is 0 Å². The molecule has 2 atom stereocenters. The lowest BCUT2D eigenvalue weighted by molar-refractivity contribution is -0.141. The van der Waals surface area contributed by atoms with Crippen molar-refractivity contribution in [3.8, 4) is 0 Å². The molecular weight excluding hydrogens is 209 g/mol. The van der Waals surface area contributed by atoms with Crippen LogP contribution in [0.2, 0.25) is 0 Å². The van der Waals surface area contributed by atoms with E-state index in [0.29, 0.717) is 18.7 Å². The Morgan fingerprint density at radius 1 is 1.50 bits per heavy atom. The van der Waals surface area contributed by atoms with E-state index in [1.807, 2.05) is 11.8 Å². The van der Waals surface area contributed by atoms with Crippen LogP contribution < -0.4 is 4.90 Å². The lowest BCUT2D eigenvalue weighted by Gasteiger charge is -2.25. The molecule has 1 fully saturated rings. The number of hydrogen-bond acceptors (Lipinski definition) is 2. The SMILES string of the molecule is C[C@@H]1[C@@H](C(=O)O)CCN1c1ccccc1F. The Morgan fingerprint density at radius 2 is 2.19 bits per heavy atom. The van der Waals surface area contributed by atoms with Gasteiger partial charge in [0.05, 0.1) is 11.6 Å². The first-order valence-electron chi connectivity index (χ1n) is 5.35. The van der Waals surface area contributed by atoms with Gasteiger partial charge in [0.2, 0.25) is 0 Å². The second kappa shape index (κ2) is 4.12. The normalized spacial score (nSPS) is 24.8. The highest BCUT2D eigenvalue weighted by Gasteiger charge is 2.36. The maximum Gasteiger partial charge on any atom is 0.308 e. The molecule has 4 heteroatoms. The van der Waals surface area contributed by atoms with Crippen LogP contribution in [0.15, 0.2) is 24.3 Å². The molecule has 0 aromatic heterocycles. The lowest BCUT2D eigenvalue weighted by atomic mass is 10.0. The highest BCUT2D eigenvalue weighted by molar-refractivity contribution is 5.73. The zero-order valence-electron chi connectivity index (χ0n) is 9.06. The summed E-state index contributed by atoms with van der Waals surface area (Å²) in [6, 6.07) is 6.33. The van der Waals surface area contributed by atoms with Crippen LogP contribution in [0.1, 0.15) is 13.3 Å². The highest BCUT2D eigenvalue weighted by atomic mass is 19.1. The van der Waals surface area contributed by atoms with Crippen molar-refractivity contribution in [2.45, 2.75) is 19.4 Å². The number of carboxylic acids is 1. The van der Waals surface area contributed by atoms with Gasteiger partial charge in [0, 0.05) is 12.6 Å². The summed E-state index contributed by atoms with van der Waals surface area (Å²) < 4.78 is 13.6. The third-order valence-electron chi connectivity index (χ3n) is 3.23. The number of rotatable bonds is 2. The van der Waals surface area contributed by atoms with Crippen LogP contribution in [0, 0.1) is 11.7 Å². The molecule has 1 aliphatic heterocycles. The first kappa shape index (κ1) is 10.9. The number of anilines is 1. The molecule has 0 bridgehead atoms. The topological polar surface area (TPSA) is 40.5 Å². The Hall–Kier alpha value is -1.58. The Bertz CT molecular complexity index is 408.